The number of nitrogens with zero attached hydrogens (tertiary/aromatic N) is 3. The summed E-state index contributed by atoms with van der Waals surface area (Å²) >= 11 is 7.10. The maximum absolute atomic E-state index is 4.22. The van der Waals surface area contributed by atoms with Crippen LogP contribution in [-0.4, -0.2) is 14.8 Å². The molecule has 0 bridgehead atoms. The van der Waals surface area contributed by atoms with Gasteiger partial charge in [-0.3, -0.25) is 0 Å². The van der Waals surface area contributed by atoms with Gasteiger partial charge in [-0.25, -0.2) is 0 Å². The Morgan fingerprint density at radius 1 is 1.19 bits per heavy atom. The highest BCUT2D eigenvalue weighted by Gasteiger charge is 2.07. The zero-order valence-electron chi connectivity index (χ0n) is 11.3. The van der Waals surface area contributed by atoms with E-state index in [0.29, 0.717) is 0 Å². The molecule has 6 heteroatoms. The molecule has 0 fully saturated rings. The summed E-state index contributed by atoms with van der Waals surface area (Å²) in [6.45, 7) is 0.922. The van der Waals surface area contributed by atoms with E-state index in [0.717, 1.165) is 28.3 Å². The maximum atomic E-state index is 4.22. The summed E-state index contributed by atoms with van der Waals surface area (Å²) in [7, 11) is 0. The Hall–Kier alpha value is -1.11. The third-order valence-corrected chi connectivity index (χ3v) is 5.81. The molecule has 0 amide bonds. The first-order chi connectivity index (χ1) is 10.3. The van der Waals surface area contributed by atoms with Gasteiger partial charge in [-0.05, 0) is 29.5 Å². The largest absolute Gasteiger partial charge is 0.308 e. The average Bonchev–Trinajstić information content (AvgIpc) is 3.16. The Balaban J connectivity index is 1.61. The molecule has 3 rings (SSSR count). The van der Waals surface area contributed by atoms with Crippen molar-refractivity contribution in [3.8, 4) is 0 Å². The molecule has 0 saturated carbocycles. The van der Waals surface area contributed by atoms with Crippen LogP contribution in [0.4, 0.5) is 0 Å². The molecule has 0 aliphatic carbocycles. The molecular weight excluding hydrogens is 366 g/mol. The molecule has 0 aliphatic heterocycles. The third-order valence-electron chi connectivity index (χ3n) is 3.07. The van der Waals surface area contributed by atoms with E-state index in [-0.39, 0.29) is 0 Å². The molecule has 3 aromatic rings. The van der Waals surface area contributed by atoms with E-state index in [9.17, 15) is 0 Å². The predicted molar refractivity (Wildman–Crippen MR) is 91.7 cm³/mol. The lowest BCUT2D eigenvalue weighted by Gasteiger charge is -2.06. The summed E-state index contributed by atoms with van der Waals surface area (Å²) in [5.41, 5.74) is 1.27. The number of hydrogen-bond donors (Lipinski definition) is 0. The summed E-state index contributed by atoms with van der Waals surface area (Å²) < 4.78 is 3.27. The molecule has 0 spiro atoms. The minimum absolute atomic E-state index is 0.888. The smallest absolute Gasteiger partial charge is 0.191 e. The van der Waals surface area contributed by atoms with E-state index in [4.69, 9.17) is 0 Å². The Kier molecular flexibility index (Phi) is 5.11. The highest BCUT2D eigenvalue weighted by atomic mass is 79.9. The molecule has 0 N–H and O–H groups in total. The molecule has 0 radical (unpaired) electrons. The number of halogens is 1. The maximum Gasteiger partial charge on any atom is 0.191 e. The predicted octanol–water partition coefficient (Wildman–Crippen LogP) is 4.64. The van der Waals surface area contributed by atoms with E-state index >= 15 is 0 Å². The van der Waals surface area contributed by atoms with Crippen LogP contribution in [0.25, 0.3) is 0 Å². The number of thioether (sulfide) groups is 1. The van der Waals surface area contributed by atoms with Gasteiger partial charge < -0.3 is 4.57 Å². The van der Waals surface area contributed by atoms with Crippen molar-refractivity contribution in [3.63, 3.8) is 0 Å². The van der Waals surface area contributed by atoms with Crippen molar-refractivity contribution < 1.29 is 0 Å². The fourth-order valence-electron chi connectivity index (χ4n) is 1.95. The van der Waals surface area contributed by atoms with Crippen molar-refractivity contribution in [1.82, 2.24) is 14.8 Å². The molecule has 0 aliphatic rings. The fraction of sp³-hybridized carbons (Fsp3) is 0.200. The lowest BCUT2D eigenvalue weighted by molar-refractivity contribution is 0.637. The van der Waals surface area contributed by atoms with E-state index in [2.05, 4.69) is 66.4 Å². The zero-order valence-corrected chi connectivity index (χ0v) is 14.5. The number of rotatable bonds is 6. The van der Waals surface area contributed by atoms with E-state index in [1.165, 1.54) is 10.4 Å². The molecule has 2 aromatic heterocycles. The van der Waals surface area contributed by atoms with Crippen LogP contribution >= 0.6 is 39.0 Å². The first kappa shape index (κ1) is 14.8. The average molecular weight is 380 g/mol. The van der Waals surface area contributed by atoms with Crippen molar-refractivity contribution in [2.45, 2.75) is 23.9 Å². The van der Waals surface area contributed by atoms with Crippen LogP contribution in [0.15, 0.2) is 57.7 Å². The van der Waals surface area contributed by atoms with Gasteiger partial charge in [0.1, 0.15) is 6.33 Å². The van der Waals surface area contributed by atoms with Gasteiger partial charge in [0.05, 0.1) is 0 Å². The molecular formula is C15H14BrN3S2. The Labute approximate surface area is 140 Å². The third kappa shape index (κ3) is 3.96. The van der Waals surface area contributed by atoms with Crippen molar-refractivity contribution in [3.05, 3.63) is 63.0 Å². The number of aromatic nitrogens is 3. The fourth-order valence-corrected chi connectivity index (χ4v) is 4.21. The van der Waals surface area contributed by atoms with Gasteiger partial charge >= 0.3 is 0 Å². The highest BCUT2D eigenvalue weighted by molar-refractivity contribution is 9.10. The van der Waals surface area contributed by atoms with Gasteiger partial charge in [0, 0.05) is 21.6 Å². The minimum Gasteiger partial charge on any atom is -0.308 e. The monoisotopic (exact) mass is 379 g/mol. The second kappa shape index (κ2) is 7.24. The van der Waals surface area contributed by atoms with E-state index in [1.54, 1.807) is 23.1 Å². The van der Waals surface area contributed by atoms with E-state index in [1.807, 2.05) is 12.4 Å². The van der Waals surface area contributed by atoms with Crippen LogP contribution in [0, 0.1) is 0 Å². The Bertz CT molecular complexity index is 695. The second-order valence-corrected chi connectivity index (χ2v) is 7.35. The summed E-state index contributed by atoms with van der Waals surface area (Å²) in [5, 5.41) is 11.4. The van der Waals surface area contributed by atoms with Crippen LogP contribution < -0.4 is 0 Å². The second-order valence-electron chi connectivity index (χ2n) is 4.52. The molecule has 1 aromatic carbocycles. The van der Waals surface area contributed by atoms with Gasteiger partial charge in [0.15, 0.2) is 5.16 Å². The van der Waals surface area contributed by atoms with Crippen molar-refractivity contribution in [1.29, 1.82) is 0 Å². The quantitative estimate of drug-likeness (QED) is 0.584. The first-order valence-electron chi connectivity index (χ1n) is 6.59. The molecule has 3 nitrogen and oxygen atoms in total. The van der Waals surface area contributed by atoms with E-state index < -0.39 is 0 Å². The van der Waals surface area contributed by atoms with Gasteiger partial charge in [-0.2, -0.15) is 0 Å². The molecule has 0 saturated heterocycles. The Morgan fingerprint density at radius 3 is 2.90 bits per heavy atom. The van der Waals surface area contributed by atoms with Crippen molar-refractivity contribution >= 4 is 39.0 Å². The lowest BCUT2D eigenvalue weighted by Crippen LogP contribution is -2.01. The number of thiophene rings is 1. The topological polar surface area (TPSA) is 30.7 Å². The minimum atomic E-state index is 0.888. The molecule has 108 valence electrons. The van der Waals surface area contributed by atoms with Crippen molar-refractivity contribution in [2.75, 3.05) is 0 Å². The number of hydrogen-bond acceptors (Lipinski definition) is 4. The van der Waals surface area contributed by atoms with Gasteiger partial charge in [0.2, 0.25) is 0 Å². The SMILES string of the molecule is Brc1ccccc1CSc1nncn1CCc1cccs1. The van der Waals surface area contributed by atoms with Gasteiger partial charge in [0.25, 0.3) is 0 Å². The number of aryl methyl sites for hydroxylation is 2. The van der Waals surface area contributed by atoms with Crippen molar-refractivity contribution in [2.24, 2.45) is 0 Å². The first-order valence-corrected chi connectivity index (χ1v) is 9.25. The number of benzene rings is 1. The molecule has 2 heterocycles. The zero-order chi connectivity index (χ0) is 14.5. The highest BCUT2D eigenvalue weighted by Crippen LogP contribution is 2.25. The Morgan fingerprint density at radius 2 is 2.10 bits per heavy atom. The molecule has 0 atom stereocenters. The lowest BCUT2D eigenvalue weighted by atomic mass is 10.2. The summed E-state index contributed by atoms with van der Waals surface area (Å²) in [6, 6.07) is 12.5. The van der Waals surface area contributed by atoms with Gasteiger partial charge in [-0.15, -0.1) is 21.5 Å². The summed E-state index contributed by atoms with van der Waals surface area (Å²) in [6.07, 6.45) is 2.84. The normalized spacial score (nSPS) is 10.9. The molecule has 0 unspecified atom stereocenters. The summed E-state index contributed by atoms with van der Waals surface area (Å²) in [4.78, 5) is 1.39. The summed E-state index contributed by atoms with van der Waals surface area (Å²) in [5.74, 6) is 0.888. The van der Waals surface area contributed by atoms with Crippen LogP contribution in [0.2, 0.25) is 0 Å². The standard InChI is InChI=1S/C15H14BrN3S2/c16-14-6-2-1-4-12(14)10-21-15-18-17-11-19(15)8-7-13-5-3-9-20-13/h1-6,9,11H,7-8,10H2. The van der Waals surface area contributed by atoms with Crippen LogP contribution in [-0.2, 0) is 18.7 Å². The van der Waals surface area contributed by atoms with Gasteiger partial charge in [-0.1, -0.05) is 52.0 Å². The van der Waals surface area contributed by atoms with Crippen LogP contribution in [0.3, 0.4) is 0 Å². The molecule has 21 heavy (non-hydrogen) atoms. The van der Waals surface area contributed by atoms with Crippen LogP contribution in [0.5, 0.6) is 0 Å². The van der Waals surface area contributed by atoms with Crippen LogP contribution in [0.1, 0.15) is 10.4 Å².